The van der Waals surface area contributed by atoms with Gasteiger partial charge in [-0.25, -0.2) is 9.37 Å². The third-order valence-electron chi connectivity index (χ3n) is 5.15. The molecular weight excluding hydrogens is 453 g/mol. The molecule has 3 aromatic rings. The Hall–Kier alpha value is -2.97. The molecule has 0 spiro atoms. The lowest BCUT2D eigenvalue weighted by Crippen LogP contribution is -2.50. The van der Waals surface area contributed by atoms with Gasteiger partial charge < -0.3 is 14.5 Å². The van der Waals surface area contributed by atoms with E-state index >= 15 is 0 Å². The SMILES string of the molecule is Cc1nc(COc2cccc(C(=O)N3CCN(C(=O)c4ccc(F)cc4Cl)CC3)c2)cs1. The first-order valence-corrected chi connectivity index (χ1v) is 11.3. The summed E-state index contributed by atoms with van der Waals surface area (Å²) in [4.78, 5) is 33.4. The van der Waals surface area contributed by atoms with Crippen molar-refractivity contribution in [2.75, 3.05) is 26.2 Å². The minimum Gasteiger partial charge on any atom is -0.487 e. The third kappa shape index (κ3) is 5.08. The Bertz CT molecular complexity index is 1150. The van der Waals surface area contributed by atoms with Crippen molar-refractivity contribution < 1.29 is 18.7 Å². The molecule has 0 atom stereocenters. The van der Waals surface area contributed by atoms with E-state index in [-0.39, 0.29) is 22.4 Å². The van der Waals surface area contributed by atoms with E-state index in [1.54, 1.807) is 45.4 Å². The average Bonchev–Trinajstić information content (AvgIpc) is 3.22. The van der Waals surface area contributed by atoms with Crippen LogP contribution in [0, 0.1) is 12.7 Å². The Morgan fingerprint density at radius 1 is 1.09 bits per heavy atom. The van der Waals surface area contributed by atoms with Crippen LogP contribution in [-0.4, -0.2) is 52.8 Å². The molecule has 1 aliphatic rings. The number of benzene rings is 2. The lowest BCUT2D eigenvalue weighted by molar-refractivity contribution is 0.0535. The van der Waals surface area contributed by atoms with E-state index in [9.17, 15) is 14.0 Å². The van der Waals surface area contributed by atoms with E-state index in [1.165, 1.54) is 12.1 Å². The molecule has 9 heteroatoms. The summed E-state index contributed by atoms with van der Waals surface area (Å²) in [6.07, 6.45) is 0. The van der Waals surface area contributed by atoms with Crippen LogP contribution in [0.1, 0.15) is 31.4 Å². The predicted molar refractivity (Wildman–Crippen MR) is 121 cm³/mol. The van der Waals surface area contributed by atoms with Gasteiger partial charge in [-0.3, -0.25) is 9.59 Å². The summed E-state index contributed by atoms with van der Waals surface area (Å²) in [6, 6.07) is 10.8. The smallest absolute Gasteiger partial charge is 0.255 e. The number of hydrogen-bond donors (Lipinski definition) is 0. The highest BCUT2D eigenvalue weighted by Gasteiger charge is 2.26. The van der Waals surface area contributed by atoms with Gasteiger partial charge in [0.1, 0.15) is 18.2 Å². The topological polar surface area (TPSA) is 62.7 Å². The van der Waals surface area contributed by atoms with E-state index in [0.717, 1.165) is 16.8 Å². The van der Waals surface area contributed by atoms with Gasteiger partial charge in [0, 0.05) is 37.1 Å². The quantitative estimate of drug-likeness (QED) is 0.550. The maximum absolute atomic E-state index is 13.3. The standard InChI is InChI=1S/C23H21ClFN3O3S/c1-15-26-18(14-32-15)13-31-19-4-2-3-16(11-19)22(29)27-7-9-28(10-8-27)23(30)20-6-5-17(25)12-21(20)24/h2-6,11-12,14H,7-10,13H2,1H3. The summed E-state index contributed by atoms with van der Waals surface area (Å²) >= 11 is 7.58. The lowest BCUT2D eigenvalue weighted by Gasteiger charge is -2.35. The predicted octanol–water partition coefficient (Wildman–Crippen LogP) is 4.42. The van der Waals surface area contributed by atoms with E-state index in [4.69, 9.17) is 16.3 Å². The minimum atomic E-state index is -0.491. The first-order valence-electron chi connectivity index (χ1n) is 10.1. The third-order valence-corrected chi connectivity index (χ3v) is 6.28. The van der Waals surface area contributed by atoms with Gasteiger partial charge in [0.25, 0.3) is 11.8 Å². The summed E-state index contributed by atoms with van der Waals surface area (Å²) in [5.74, 6) is -0.280. The van der Waals surface area contributed by atoms with E-state index in [2.05, 4.69) is 4.98 Å². The van der Waals surface area contributed by atoms with E-state index in [1.807, 2.05) is 12.3 Å². The Morgan fingerprint density at radius 3 is 2.47 bits per heavy atom. The van der Waals surface area contributed by atoms with E-state index in [0.29, 0.717) is 44.1 Å². The Morgan fingerprint density at radius 2 is 1.81 bits per heavy atom. The molecule has 1 fully saturated rings. The minimum absolute atomic E-state index is 0.0816. The summed E-state index contributed by atoms with van der Waals surface area (Å²) in [5.41, 5.74) is 1.64. The number of aryl methyl sites for hydroxylation is 1. The Labute approximate surface area is 194 Å². The fourth-order valence-corrected chi connectivity index (χ4v) is 4.32. The summed E-state index contributed by atoms with van der Waals surface area (Å²) in [6.45, 7) is 3.82. The number of aromatic nitrogens is 1. The van der Waals surface area contributed by atoms with Crippen molar-refractivity contribution in [1.82, 2.24) is 14.8 Å². The number of nitrogens with zero attached hydrogens (tertiary/aromatic N) is 3. The number of hydrogen-bond acceptors (Lipinski definition) is 5. The Balaban J connectivity index is 1.35. The molecular formula is C23H21ClFN3O3S. The molecule has 0 radical (unpaired) electrons. The van der Waals surface area contributed by atoms with E-state index < -0.39 is 5.82 Å². The largest absolute Gasteiger partial charge is 0.487 e. The molecule has 0 aliphatic carbocycles. The zero-order valence-corrected chi connectivity index (χ0v) is 19.0. The summed E-state index contributed by atoms with van der Waals surface area (Å²) in [5, 5.41) is 3.01. The van der Waals surface area contributed by atoms with Crippen LogP contribution >= 0.6 is 22.9 Å². The first kappa shape index (κ1) is 22.2. The molecule has 32 heavy (non-hydrogen) atoms. The number of amides is 2. The van der Waals surface area contributed by atoms with Crippen molar-refractivity contribution in [3.63, 3.8) is 0 Å². The number of carbonyl (C=O) groups is 2. The van der Waals surface area contributed by atoms with Gasteiger partial charge in [-0.15, -0.1) is 11.3 Å². The second-order valence-corrected chi connectivity index (χ2v) is 8.85. The molecule has 2 amide bonds. The van der Waals surface area contributed by atoms with Gasteiger partial charge in [-0.1, -0.05) is 17.7 Å². The van der Waals surface area contributed by atoms with Crippen molar-refractivity contribution in [2.24, 2.45) is 0 Å². The number of halogens is 2. The number of carbonyl (C=O) groups excluding carboxylic acids is 2. The highest BCUT2D eigenvalue weighted by molar-refractivity contribution is 7.09. The van der Waals surface area contributed by atoms with Gasteiger partial charge in [-0.05, 0) is 43.3 Å². The van der Waals surface area contributed by atoms with Gasteiger partial charge in [0.05, 0.1) is 21.3 Å². The van der Waals surface area contributed by atoms with Crippen LogP contribution in [0.5, 0.6) is 5.75 Å². The monoisotopic (exact) mass is 473 g/mol. The molecule has 1 saturated heterocycles. The second-order valence-electron chi connectivity index (χ2n) is 7.38. The molecule has 166 valence electrons. The number of thiazole rings is 1. The van der Waals surface area contributed by atoms with Crippen LogP contribution in [-0.2, 0) is 6.61 Å². The van der Waals surface area contributed by atoms with Crippen LogP contribution in [0.15, 0.2) is 47.8 Å². The van der Waals surface area contributed by atoms with Gasteiger partial charge in [0.2, 0.25) is 0 Å². The van der Waals surface area contributed by atoms with Gasteiger partial charge in [0.15, 0.2) is 0 Å². The molecule has 0 saturated carbocycles. The molecule has 4 rings (SSSR count). The zero-order chi connectivity index (χ0) is 22.7. The normalized spacial score (nSPS) is 13.8. The maximum Gasteiger partial charge on any atom is 0.255 e. The second kappa shape index (κ2) is 9.67. The van der Waals surface area contributed by atoms with Crippen LogP contribution < -0.4 is 4.74 Å². The number of rotatable bonds is 5. The molecule has 0 N–H and O–H groups in total. The van der Waals surface area contributed by atoms with Crippen molar-refractivity contribution >= 4 is 34.8 Å². The van der Waals surface area contributed by atoms with Crippen LogP contribution in [0.25, 0.3) is 0 Å². The fourth-order valence-electron chi connectivity index (χ4n) is 3.48. The summed E-state index contributed by atoms with van der Waals surface area (Å²) in [7, 11) is 0. The van der Waals surface area contributed by atoms with Gasteiger partial charge >= 0.3 is 0 Å². The Kier molecular flexibility index (Phi) is 6.72. The van der Waals surface area contributed by atoms with Crippen LogP contribution in [0.4, 0.5) is 4.39 Å². The fraction of sp³-hybridized carbons (Fsp3) is 0.261. The van der Waals surface area contributed by atoms with Crippen molar-refractivity contribution in [1.29, 1.82) is 0 Å². The number of piperazine rings is 1. The number of ether oxygens (including phenoxy) is 1. The zero-order valence-electron chi connectivity index (χ0n) is 17.4. The maximum atomic E-state index is 13.3. The molecule has 0 bridgehead atoms. The highest BCUT2D eigenvalue weighted by Crippen LogP contribution is 2.21. The molecule has 2 aromatic carbocycles. The average molecular weight is 474 g/mol. The van der Waals surface area contributed by atoms with Crippen molar-refractivity contribution in [3.8, 4) is 5.75 Å². The van der Waals surface area contributed by atoms with Crippen molar-refractivity contribution in [3.05, 3.63) is 80.5 Å². The molecule has 1 aromatic heterocycles. The molecule has 2 heterocycles. The van der Waals surface area contributed by atoms with Crippen LogP contribution in [0.3, 0.4) is 0 Å². The highest BCUT2D eigenvalue weighted by atomic mass is 35.5. The molecule has 1 aliphatic heterocycles. The van der Waals surface area contributed by atoms with Gasteiger partial charge in [-0.2, -0.15) is 0 Å². The molecule has 6 nitrogen and oxygen atoms in total. The molecule has 0 unspecified atom stereocenters. The first-order chi connectivity index (χ1) is 15.4. The lowest BCUT2D eigenvalue weighted by atomic mass is 10.1. The summed E-state index contributed by atoms with van der Waals surface area (Å²) < 4.78 is 19.0. The van der Waals surface area contributed by atoms with Crippen LogP contribution in [0.2, 0.25) is 5.02 Å². The van der Waals surface area contributed by atoms with Crippen molar-refractivity contribution in [2.45, 2.75) is 13.5 Å².